The summed E-state index contributed by atoms with van der Waals surface area (Å²) in [4.78, 5) is 15.1. The van der Waals surface area contributed by atoms with Crippen molar-refractivity contribution in [2.45, 2.75) is 6.42 Å². The van der Waals surface area contributed by atoms with Gasteiger partial charge in [0.15, 0.2) is 23.1 Å². The van der Waals surface area contributed by atoms with E-state index in [0.29, 0.717) is 41.1 Å². The monoisotopic (exact) mass is 546 g/mol. The third-order valence-corrected chi connectivity index (χ3v) is 6.83. The molecular formula is C29H34N6O5. The fourth-order valence-corrected chi connectivity index (χ4v) is 4.82. The van der Waals surface area contributed by atoms with Gasteiger partial charge in [0.05, 0.1) is 46.5 Å². The minimum atomic E-state index is -0.00728. The van der Waals surface area contributed by atoms with E-state index in [9.17, 15) is 4.79 Å². The predicted molar refractivity (Wildman–Crippen MR) is 152 cm³/mol. The van der Waals surface area contributed by atoms with Gasteiger partial charge in [0.25, 0.3) is 0 Å². The number of hydrogen-bond acceptors (Lipinski definition) is 9. The Balaban J connectivity index is 1.29. The number of rotatable bonds is 11. The van der Waals surface area contributed by atoms with E-state index in [1.807, 2.05) is 47.2 Å². The third-order valence-electron chi connectivity index (χ3n) is 6.83. The van der Waals surface area contributed by atoms with Gasteiger partial charge in [-0.15, -0.1) is 10.2 Å². The van der Waals surface area contributed by atoms with Crippen LogP contribution in [0.4, 0.5) is 11.5 Å². The first kappa shape index (κ1) is 27.2. The minimum Gasteiger partial charge on any atom is -0.493 e. The summed E-state index contributed by atoms with van der Waals surface area (Å²) in [5.41, 5.74) is 2.60. The van der Waals surface area contributed by atoms with E-state index in [-0.39, 0.29) is 12.3 Å². The van der Waals surface area contributed by atoms with Crippen molar-refractivity contribution >= 4 is 28.3 Å². The zero-order valence-electron chi connectivity index (χ0n) is 23.0. The van der Waals surface area contributed by atoms with Gasteiger partial charge in [0.2, 0.25) is 11.7 Å². The average Bonchev–Trinajstić information content (AvgIpc) is 3.35. The number of benzene rings is 2. The van der Waals surface area contributed by atoms with Gasteiger partial charge in [-0.25, -0.2) is 0 Å². The Hall–Kier alpha value is -4.35. The van der Waals surface area contributed by atoms with E-state index in [2.05, 4.69) is 25.7 Å². The van der Waals surface area contributed by atoms with Gasteiger partial charge in [-0.05, 0) is 23.8 Å². The van der Waals surface area contributed by atoms with Gasteiger partial charge >= 0.3 is 0 Å². The van der Waals surface area contributed by atoms with Crippen LogP contribution >= 0.6 is 0 Å². The lowest BCUT2D eigenvalue weighted by Gasteiger charge is -2.26. The Morgan fingerprint density at radius 2 is 1.73 bits per heavy atom. The normalized spacial score (nSPS) is 13.7. The topological polar surface area (TPSA) is 112 Å². The zero-order valence-corrected chi connectivity index (χ0v) is 23.0. The number of anilines is 2. The fraction of sp³-hybridized carbons (Fsp3) is 0.345. The molecule has 210 valence electrons. The van der Waals surface area contributed by atoms with Crippen molar-refractivity contribution in [1.29, 1.82) is 0 Å². The molecule has 11 nitrogen and oxygen atoms in total. The number of hydrogen-bond donors (Lipinski definition) is 2. The van der Waals surface area contributed by atoms with Crippen LogP contribution in [0.5, 0.6) is 17.2 Å². The van der Waals surface area contributed by atoms with Crippen molar-refractivity contribution in [1.82, 2.24) is 25.0 Å². The van der Waals surface area contributed by atoms with Crippen LogP contribution < -0.4 is 24.8 Å². The van der Waals surface area contributed by atoms with Crippen LogP contribution in [0.2, 0.25) is 0 Å². The van der Waals surface area contributed by atoms with Crippen LogP contribution in [0.1, 0.15) is 5.56 Å². The van der Waals surface area contributed by atoms with Crippen molar-refractivity contribution in [3.05, 3.63) is 60.3 Å². The molecule has 40 heavy (non-hydrogen) atoms. The number of methoxy groups -OCH3 is 3. The predicted octanol–water partition coefficient (Wildman–Crippen LogP) is 3.18. The molecule has 4 aromatic rings. The minimum absolute atomic E-state index is 0.00728. The van der Waals surface area contributed by atoms with Gasteiger partial charge in [-0.3, -0.25) is 14.3 Å². The standard InChI is InChI=1S/C29H34N6O5/c1-37-24-17-21(18-25(38-2)29(24)39-3)31-26-8-9-27(33-32-26)35-19-20(22-6-4-5-7-23(22)35)16-28(36)30-10-11-34-12-14-40-15-13-34/h4-9,17-19H,10-16H2,1-3H3,(H,30,36)(H,31,32). The highest BCUT2D eigenvalue weighted by Gasteiger charge is 2.16. The number of ether oxygens (including phenoxy) is 4. The summed E-state index contributed by atoms with van der Waals surface area (Å²) < 4.78 is 23.6. The van der Waals surface area contributed by atoms with Crippen LogP contribution in [0, 0.1) is 0 Å². The first-order chi connectivity index (χ1) is 19.6. The van der Waals surface area contributed by atoms with Gasteiger partial charge in [-0.1, -0.05) is 18.2 Å². The molecule has 0 radical (unpaired) electrons. The molecule has 0 saturated carbocycles. The van der Waals surface area contributed by atoms with Gasteiger partial charge in [-0.2, -0.15) is 0 Å². The lowest BCUT2D eigenvalue weighted by atomic mass is 10.1. The highest BCUT2D eigenvalue weighted by atomic mass is 16.5. The van der Waals surface area contributed by atoms with Crippen molar-refractivity contribution in [2.24, 2.45) is 0 Å². The molecule has 11 heteroatoms. The maximum atomic E-state index is 12.8. The van der Waals surface area contributed by atoms with Crippen molar-refractivity contribution in [3.8, 4) is 23.1 Å². The van der Waals surface area contributed by atoms with E-state index < -0.39 is 0 Å². The van der Waals surface area contributed by atoms with E-state index >= 15 is 0 Å². The van der Waals surface area contributed by atoms with E-state index in [0.717, 1.165) is 49.3 Å². The summed E-state index contributed by atoms with van der Waals surface area (Å²) in [6.45, 7) is 4.74. The van der Waals surface area contributed by atoms with Crippen LogP contribution in [0.3, 0.4) is 0 Å². The lowest BCUT2D eigenvalue weighted by molar-refractivity contribution is -0.120. The van der Waals surface area contributed by atoms with E-state index in [1.165, 1.54) is 0 Å². The summed E-state index contributed by atoms with van der Waals surface area (Å²) in [6, 6.07) is 15.3. The number of carbonyl (C=O) groups is 1. The number of amides is 1. The van der Waals surface area contributed by atoms with Crippen LogP contribution in [0.25, 0.3) is 16.7 Å². The molecule has 1 aliphatic rings. The Kier molecular flexibility index (Phi) is 8.62. The summed E-state index contributed by atoms with van der Waals surface area (Å²) in [6.07, 6.45) is 2.24. The number of carbonyl (C=O) groups excluding carboxylic acids is 1. The molecule has 3 heterocycles. The SMILES string of the molecule is COc1cc(Nc2ccc(-n3cc(CC(=O)NCCN4CCOCC4)c4ccccc43)nn2)cc(OC)c1OC. The number of para-hydroxylation sites is 1. The zero-order chi connectivity index (χ0) is 27.9. The Labute approximate surface area is 233 Å². The Morgan fingerprint density at radius 3 is 2.40 bits per heavy atom. The maximum absolute atomic E-state index is 12.8. The molecule has 2 aromatic carbocycles. The smallest absolute Gasteiger partial charge is 0.224 e. The Morgan fingerprint density at radius 1 is 0.975 bits per heavy atom. The summed E-state index contributed by atoms with van der Waals surface area (Å²) in [5.74, 6) is 2.76. The number of nitrogens with zero attached hydrogens (tertiary/aromatic N) is 4. The quantitative estimate of drug-likeness (QED) is 0.293. The third kappa shape index (κ3) is 6.11. The van der Waals surface area contributed by atoms with E-state index in [4.69, 9.17) is 18.9 Å². The Bertz CT molecular complexity index is 1420. The molecule has 0 aliphatic carbocycles. The number of morpholine rings is 1. The van der Waals surface area contributed by atoms with Gasteiger partial charge in [0, 0.05) is 55.6 Å². The lowest BCUT2D eigenvalue weighted by Crippen LogP contribution is -2.41. The second-order valence-corrected chi connectivity index (χ2v) is 9.34. The van der Waals surface area contributed by atoms with E-state index in [1.54, 1.807) is 33.5 Å². The maximum Gasteiger partial charge on any atom is 0.224 e. The van der Waals surface area contributed by atoms with Crippen LogP contribution in [-0.4, -0.2) is 86.3 Å². The van der Waals surface area contributed by atoms with Crippen molar-refractivity contribution < 1.29 is 23.7 Å². The molecule has 0 unspecified atom stereocenters. The second kappa shape index (κ2) is 12.7. The molecule has 0 bridgehead atoms. The van der Waals surface area contributed by atoms with Crippen molar-refractivity contribution in [3.63, 3.8) is 0 Å². The number of nitrogens with one attached hydrogen (secondary N) is 2. The largest absolute Gasteiger partial charge is 0.493 e. The highest BCUT2D eigenvalue weighted by molar-refractivity contribution is 5.90. The summed E-state index contributed by atoms with van der Waals surface area (Å²) in [5, 5.41) is 16.1. The fourth-order valence-electron chi connectivity index (χ4n) is 4.82. The first-order valence-electron chi connectivity index (χ1n) is 13.2. The summed E-state index contributed by atoms with van der Waals surface area (Å²) >= 11 is 0. The number of aromatic nitrogens is 3. The molecule has 2 aromatic heterocycles. The first-order valence-corrected chi connectivity index (χ1v) is 13.2. The molecular weight excluding hydrogens is 512 g/mol. The molecule has 1 fully saturated rings. The van der Waals surface area contributed by atoms with Gasteiger partial charge < -0.3 is 29.6 Å². The van der Waals surface area contributed by atoms with Crippen LogP contribution in [-0.2, 0) is 16.0 Å². The van der Waals surface area contributed by atoms with Crippen LogP contribution in [0.15, 0.2) is 54.7 Å². The number of fused-ring (bicyclic) bond motifs is 1. The molecule has 1 amide bonds. The average molecular weight is 547 g/mol. The molecule has 5 rings (SSSR count). The molecule has 2 N–H and O–H groups in total. The van der Waals surface area contributed by atoms with Crippen molar-refractivity contribution in [2.75, 3.05) is 66.0 Å². The highest BCUT2D eigenvalue weighted by Crippen LogP contribution is 2.40. The summed E-state index contributed by atoms with van der Waals surface area (Å²) in [7, 11) is 4.70. The second-order valence-electron chi connectivity index (χ2n) is 9.34. The molecule has 0 atom stereocenters. The molecule has 1 saturated heterocycles. The van der Waals surface area contributed by atoms with Gasteiger partial charge in [0.1, 0.15) is 0 Å². The molecule has 1 aliphatic heterocycles. The molecule has 0 spiro atoms.